The molecule has 66 valence electrons. The summed E-state index contributed by atoms with van der Waals surface area (Å²) in [6.07, 6.45) is 1.30. The van der Waals surface area contributed by atoms with Gasteiger partial charge in [-0.15, -0.1) is 5.10 Å². The van der Waals surface area contributed by atoms with E-state index in [4.69, 9.17) is 5.73 Å². The maximum absolute atomic E-state index is 5.44. The van der Waals surface area contributed by atoms with Crippen LogP contribution in [0.3, 0.4) is 0 Å². The second-order valence-electron chi connectivity index (χ2n) is 3.39. The van der Waals surface area contributed by atoms with Crippen molar-refractivity contribution in [3.05, 3.63) is 4.73 Å². The molecule has 0 bridgehead atoms. The number of rotatable bonds is 2. The van der Waals surface area contributed by atoms with E-state index in [2.05, 4.69) is 32.9 Å². The van der Waals surface area contributed by atoms with E-state index >= 15 is 0 Å². The lowest BCUT2D eigenvalue weighted by molar-refractivity contribution is 0.530. The van der Waals surface area contributed by atoms with Gasteiger partial charge in [0.25, 0.3) is 0 Å². The van der Waals surface area contributed by atoms with Crippen molar-refractivity contribution in [1.82, 2.24) is 14.8 Å². The Bertz CT molecular complexity index is 296. The summed E-state index contributed by atoms with van der Waals surface area (Å²) in [7, 11) is 0. The van der Waals surface area contributed by atoms with E-state index in [9.17, 15) is 0 Å². The van der Waals surface area contributed by atoms with Crippen LogP contribution in [0, 0.1) is 11.8 Å². The topological polar surface area (TPSA) is 56.7 Å². The van der Waals surface area contributed by atoms with Gasteiger partial charge in [-0.2, -0.15) is 4.98 Å². The summed E-state index contributed by atoms with van der Waals surface area (Å²) in [5, 5.41) is 4.06. The van der Waals surface area contributed by atoms with E-state index in [1.54, 1.807) is 0 Å². The zero-order valence-corrected chi connectivity index (χ0v) is 8.45. The highest BCUT2D eigenvalue weighted by Gasteiger charge is 2.33. The molecule has 1 aromatic rings. The van der Waals surface area contributed by atoms with Gasteiger partial charge in [0.15, 0.2) is 4.73 Å². The van der Waals surface area contributed by atoms with Crippen molar-refractivity contribution >= 4 is 21.9 Å². The van der Waals surface area contributed by atoms with Gasteiger partial charge in [0.1, 0.15) is 0 Å². The molecule has 0 saturated heterocycles. The van der Waals surface area contributed by atoms with Gasteiger partial charge >= 0.3 is 0 Å². The monoisotopic (exact) mass is 230 g/mol. The van der Waals surface area contributed by atoms with Gasteiger partial charge in [-0.05, 0) is 34.2 Å². The van der Waals surface area contributed by atoms with Crippen LogP contribution in [0.2, 0.25) is 0 Å². The molecule has 2 unspecified atom stereocenters. The first-order chi connectivity index (χ1) is 5.66. The standard InChI is InChI=1S/C7H11BrN4/c1-4-2-5(4)3-12-6(8)10-7(9)11-12/h4-5H,2-3H2,1H3,(H2,9,11). The molecule has 0 amide bonds. The maximum atomic E-state index is 5.44. The minimum atomic E-state index is 0.343. The molecule has 5 heteroatoms. The minimum absolute atomic E-state index is 0.343. The number of nitrogen functional groups attached to an aromatic ring is 1. The van der Waals surface area contributed by atoms with E-state index in [0.717, 1.165) is 23.1 Å². The predicted octanol–water partition coefficient (Wildman–Crippen LogP) is 1.28. The highest BCUT2D eigenvalue weighted by Crippen LogP contribution is 2.39. The van der Waals surface area contributed by atoms with Crippen molar-refractivity contribution < 1.29 is 0 Å². The fraction of sp³-hybridized carbons (Fsp3) is 0.714. The van der Waals surface area contributed by atoms with Crippen LogP contribution in [-0.2, 0) is 6.54 Å². The third-order valence-electron chi connectivity index (χ3n) is 2.33. The highest BCUT2D eigenvalue weighted by molar-refractivity contribution is 9.10. The summed E-state index contributed by atoms with van der Waals surface area (Å²) in [4.78, 5) is 3.96. The van der Waals surface area contributed by atoms with Crippen molar-refractivity contribution in [3.8, 4) is 0 Å². The Balaban J connectivity index is 2.07. The van der Waals surface area contributed by atoms with Crippen LogP contribution >= 0.6 is 15.9 Å². The molecule has 12 heavy (non-hydrogen) atoms. The zero-order chi connectivity index (χ0) is 8.72. The molecule has 0 radical (unpaired) electrons. The van der Waals surface area contributed by atoms with Crippen molar-refractivity contribution in [3.63, 3.8) is 0 Å². The Hall–Kier alpha value is -0.580. The summed E-state index contributed by atoms with van der Waals surface area (Å²) < 4.78 is 2.56. The van der Waals surface area contributed by atoms with Gasteiger partial charge in [0, 0.05) is 6.54 Å². The van der Waals surface area contributed by atoms with E-state index in [-0.39, 0.29) is 0 Å². The van der Waals surface area contributed by atoms with Crippen LogP contribution < -0.4 is 5.73 Å². The fourth-order valence-corrected chi connectivity index (χ4v) is 1.74. The van der Waals surface area contributed by atoms with E-state index in [0.29, 0.717) is 5.95 Å². The number of aromatic nitrogens is 3. The number of nitrogens with two attached hydrogens (primary N) is 1. The molecule has 0 aliphatic heterocycles. The summed E-state index contributed by atoms with van der Waals surface area (Å²) in [6.45, 7) is 3.19. The first-order valence-electron chi connectivity index (χ1n) is 4.02. The van der Waals surface area contributed by atoms with Gasteiger partial charge in [0.2, 0.25) is 5.95 Å². The molecule has 2 atom stereocenters. The Kier molecular flexibility index (Phi) is 1.83. The lowest BCUT2D eigenvalue weighted by atomic mass is 10.3. The number of anilines is 1. The lowest BCUT2D eigenvalue weighted by Crippen LogP contribution is -2.03. The van der Waals surface area contributed by atoms with Gasteiger partial charge in [-0.25, -0.2) is 4.68 Å². The van der Waals surface area contributed by atoms with Crippen LogP contribution in [0.1, 0.15) is 13.3 Å². The van der Waals surface area contributed by atoms with Crippen LogP contribution in [0.4, 0.5) is 5.95 Å². The molecule has 1 fully saturated rings. The third-order valence-corrected chi connectivity index (χ3v) is 2.91. The van der Waals surface area contributed by atoms with Crippen molar-refractivity contribution in [1.29, 1.82) is 0 Å². The van der Waals surface area contributed by atoms with Crippen LogP contribution in [0.15, 0.2) is 4.73 Å². The molecule has 1 aliphatic rings. The molecule has 1 aliphatic carbocycles. The number of nitrogens with zero attached hydrogens (tertiary/aromatic N) is 3. The van der Waals surface area contributed by atoms with Gasteiger partial charge in [0.05, 0.1) is 0 Å². The second-order valence-corrected chi connectivity index (χ2v) is 4.10. The molecule has 2 rings (SSSR count). The molecule has 0 aromatic carbocycles. The van der Waals surface area contributed by atoms with Gasteiger partial charge in [-0.1, -0.05) is 6.92 Å². The average Bonchev–Trinajstić information content (AvgIpc) is 2.55. The van der Waals surface area contributed by atoms with Gasteiger partial charge in [-0.3, -0.25) is 0 Å². The van der Waals surface area contributed by atoms with Gasteiger partial charge < -0.3 is 5.73 Å². The summed E-state index contributed by atoms with van der Waals surface area (Å²) in [5.74, 6) is 1.94. The minimum Gasteiger partial charge on any atom is -0.366 e. The van der Waals surface area contributed by atoms with Crippen LogP contribution in [-0.4, -0.2) is 14.8 Å². The zero-order valence-electron chi connectivity index (χ0n) is 6.87. The van der Waals surface area contributed by atoms with E-state index in [1.807, 2.05) is 4.68 Å². The number of hydrogen-bond donors (Lipinski definition) is 1. The molecule has 1 heterocycles. The van der Waals surface area contributed by atoms with E-state index in [1.165, 1.54) is 6.42 Å². The smallest absolute Gasteiger partial charge is 0.240 e. The first-order valence-corrected chi connectivity index (χ1v) is 4.82. The molecule has 0 spiro atoms. The molecular weight excluding hydrogens is 220 g/mol. The summed E-state index contributed by atoms with van der Waals surface area (Å²) >= 11 is 3.30. The lowest BCUT2D eigenvalue weighted by Gasteiger charge is -1.98. The molecule has 4 nitrogen and oxygen atoms in total. The molecule has 1 aromatic heterocycles. The van der Waals surface area contributed by atoms with Crippen molar-refractivity contribution in [2.24, 2.45) is 11.8 Å². The van der Waals surface area contributed by atoms with Crippen LogP contribution in [0.25, 0.3) is 0 Å². The van der Waals surface area contributed by atoms with Crippen LogP contribution in [0.5, 0.6) is 0 Å². The predicted molar refractivity (Wildman–Crippen MR) is 49.4 cm³/mol. The summed E-state index contributed by atoms with van der Waals surface area (Å²) in [6, 6.07) is 0. The average molecular weight is 231 g/mol. The number of hydrogen-bond acceptors (Lipinski definition) is 3. The highest BCUT2D eigenvalue weighted by atomic mass is 79.9. The first kappa shape index (κ1) is 8.04. The quantitative estimate of drug-likeness (QED) is 0.833. The Labute approximate surface area is 79.3 Å². The second kappa shape index (κ2) is 2.73. The van der Waals surface area contributed by atoms with Crippen molar-refractivity contribution in [2.75, 3.05) is 5.73 Å². The van der Waals surface area contributed by atoms with E-state index < -0.39 is 0 Å². The molecular formula is C7H11BrN4. The molecule has 2 N–H and O–H groups in total. The molecule has 1 saturated carbocycles. The Morgan fingerprint density at radius 3 is 2.83 bits per heavy atom. The summed E-state index contributed by atoms with van der Waals surface area (Å²) in [5.41, 5.74) is 5.44. The largest absolute Gasteiger partial charge is 0.366 e. The maximum Gasteiger partial charge on any atom is 0.240 e. The third kappa shape index (κ3) is 1.46. The Morgan fingerprint density at radius 2 is 2.42 bits per heavy atom. The Morgan fingerprint density at radius 1 is 1.75 bits per heavy atom. The van der Waals surface area contributed by atoms with Crippen molar-refractivity contribution in [2.45, 2.75) is 19.9 Å². The fourth-order valence-electron chi connectivity index (χ4n) is 1.33. The number of halogens is 1. The normalized spacial score (nSPS) is 27.5. The SMILES string of the molecule is CC1CC1Cn1nc(N)nc1Br.